The van der Waals surface area contributed by atoms with E-state index in [1.807, 2.05) is 18.2 Å². The molecule has 2 aromatic rings. The third-order valence-electron chi connectivity index (χ3n) is 5.14. The van der Waals surface area contributed by atoms with E-state index < -0.39 is 0 Å². The number of ether oxygens (including phenoxy) is 1. The Hall–Kier alpha value is -2.09. The number of rotatable bonds is 13. The Morgan fingerprint density at radius 3 is 2.04 bits per heavy atom. The van der Waals surface area contributed by atoms with Gasteiger partial charge in [0.1, 0.15) is 0 Å². The van der Waals surface area contributed by atoms with Gasteiger partial charge in [0.15, 0.2) is 0 Å². The molecule has 0 aliphatic heterocycles. The molecule has 0 saturated heterocycles. The summed E-state index contributed by atoms with van der Waals surface area (Å²) in [5, 5.41) is 0. The Balaban J connectivity index is 1.76. The van der Waals surface area contributed by atoms with Crippen LogP contribution in [0.4, 0.5) is 0 Å². The molecule has 0 aromatic heterocycles. The molecule has 0 heterocycles. The van der Waals surface area contributed by atoms with Crippen molar-refractivity contribution in [2.45, 2.75) is 70.6 Å². The van der Waals surface area contributed by atoms with Gasteiger partial charge in [0.2, 0.25) is 0 Å². The maximum atomic E-state index is 12.1. The largest absolute Gasteiger partial charge is 0.462 e. The third kappa shape index (κ3) is 8.43. The minimum absolute atomic E-state index is 0.224. The highest BCUT2D eigenvalue weighted by atomic mass is 16.5. The highest BCUT2D eigenvalue weighted by Gasteiger charge is 2.13. The Labute approximate surface area is 165 Å². The first kappa shape index (κ1) is 21.2. The number of carbonyl (C=O) groups is 1. The van der Waals surface area contributed by atoms with Crippen LogP contribution >= 0.6 is 0 Å². The lowest BCUT2D eigenvalue weighted by Gasteiger charge is -2.17. The summed E-state index contributed by atoms with van der Waals surface area (Å²) in [5.74, 6) is 0.240. The molecule has 0 saturated carbocycles. The highest BCUT2D eigenvalue weighted by Crippen LogP contribution is 2.26. The molecule has 1 atom stereocenters. The molecule has 0 aliphatic carbocycles. The molecule has 0 N–H and O–H groups in total. The molecule has 146 valence electrons. The Bertz CT molecular complexity index is 621. The molecule has 27 heavy (non-hydrogen) atoms. The Kier molecular flexibility index (Phi) is 10.3. The summed E-state index contributed by atoms with van der Waals surface area (Å²) in [6.07, 6.45) is 11.3. The van der Waals surface area contributed by atoms with Crippen LogP contribution in [0.15, 0.2) is 60.7 Å². The topological polar surface area (TPSA) is 26.3 Å². The van der Waals surface area contributed by atoms with Crippen LogP contribution in [-0.2, 0) is 4.74 Å². The number of hydrogen-bond acceptors (Lipinski definition) is 2. The second-order valence-electron chi connectivity index (χ2n) is 7.31. The highest BCUT2D eigenvalue weighted by molar-refractivity contribution is 5.89. The van der Waals surface area contributed by atoms with Crippen molar-refractivity contribution in [3.8, 4) is 0 Å². The van der Waals surface area contributed by atoms with Crippen molar-refractivity contribution in [2.75, 3.05) is 6.61 Å². The summed E-state index contributed by atoms with van der Waals surface area (Å²) in [5.41, 5.74) is 1.99. The fourth-order valence-corrected chi connectivity index (χ4v) is 3.50. The quantitative estimate of drug-likeness (QED) is 0.278. The second kappa shape index (κ2) is 13.1. The lowest BCUT2D eigenvalue weighted by Crippen LogP contribution is -2.10. The van der Waals surface area contributed by atoms with E-state index in [-0.39, 0.29) is 5.97 Å². The van der Waals surface area contributed by atoms with E-state index in [9.17, 15) is 4.79 Å². The molecule has 2 nitrogen and oxygen atoms in total. The van der Waals surface area contributed by atoms with Gasteiger partial charge >= 0.3 is 5.97 Å². The SMILES string of the molecule is CCCCCCCCCC(CCOC(=O)c1ccccc1)c1ccccc1. The number of benzene rings is 2. The first-order chi connectivity index (χ1) is 13.3. The van der Waals surface area contributed by atoms with Crippen molar-refractivity contribution in [3.05, 3.63) is 71.8 Å². The Morgan fingerprint density at radius 1 is 0.778 bits per heavy atom. The van der Waals surface area contributed by atoms with E-state index in [2.05, 4.69) is 37.3 Å². The normalized spacial score (nSPS) is 11.9. The predicted molar refractivity (Wildman–Crippen MR) is 113 cm³/mol. The third-order valence-corrected chi connectivity index (χ3v) is 5.14. The average Bonchev–Trinajstić information content (AvgIpc) is 2.73. The first-order valence-electron chi connectivity index (χ1n) is 10.6. The van der Waals surface area contributed by atoms with Gasteiger partial charge < -0.3 is 4.74 Å². The van der Waals surface area contributed by atoms with Gasteiger partial charge in [-0.15, -0.1) is 0 Å². The van der Waals surface area contributed by atoms with E-state index in [0.717, 1.165) is 6.42 Å². The lowest BCUT2D eigenvalue weighted by molar-refractivity contribution is 0.0491. The minimum atomic E-state index is -0.224. The van der Waals surface area contributed by atoms with Crippen LogP contribution in [0.3, 0.4) is 0 Å². The maximum absolute atomic E-state index is 12.1. The minimum Gasteiger partial charge on any atom is -0.462 e. The van der Waals surface area contributed by atoms with Crippen molar-refractivity contribution >= 4 is 5.97 Å². The number of hydrogen-bond donors (Lipinski definition) is 0. The van der Waals surface area contributed by atoms with Gasteiger partial charge in [0.25, 0.3) is 0 Å². The summed E-state index contributed by atoms with van der Waals surface area (Å²) < 4.78 is 5.51. The monoisotopic (exact) mass is 366 g/mol. The number of unbranched alkanes of at least 4 members (excludes halogenated alkanes) is 6. The maximum Gasteiger partial charge on any atom is 0.338 e. The Morgan fingerprint density at radius 2 is 1.37 bits per heavy atom. The van der Waals surface area contributed by atoms with Crippen LogP contribution in [0.25, 0.3) is 0 Å². The zero-order valence-electron chi connectivity index (χ0n) is 16.7. The summed E-state index contributed by atoms with van der Waals surface area (Å²) >= 11 is 0. The van der Waals surface area contributed by atoms with Crippen LogP contribution in [0.2, 0.25) is 0 Å². The predicted octanol–water partition coefficient (Wildman–Crippen LogP) is 7.16. The fraction of sp³-hybridized carbons (Fsp3) is 0.480. The lowest BCUT2D eigenvalue weighted by atomic mass is 9.90. The van der Waals surface area contributed by atoms with Crippen LogP contribution in [0.5, 0.6) is 0 Å². The van der Waals surface area contributed by atoms with Gasteiger partial charge in [0.05, 0.1) is 12.2 Å². The molecule has 0 radical (unpaired) electrons. The summed E-state index contributed by atoms with van der Waals surface area (Å²) in [6.45, 7) is 2.73. The van der Waals surface area contributed by atoms with Crippen LogP contribution < -0.4 is 0 Å². The van der Waals surface area contributed by atoms with Gasteiger partial charge in [0, 0.05) is 0 Å². The van der Waals surface area contributed by atoms with Crippen molar-refractivity contribution in [3.63, 3.8) is 0 Å². The van der Waals surface area contributed by atoms with Crippen molar-refractivity contribution < 1.29 is 9.53 Å². The summed E-state index contributed by atoms with van der Waals surface area (Å²) in [6, 6.07) is 19.9. The van der Waals surface area contributed by atoms with Crippen LogP contribution in [-0.4, -0.2) is 12.6 Å². The van der Waals surface area contributed by atoms with E-state index in [1.165, 1.54) is 56.9 Å². The molecule has 1 unspecified atom stereocenters. The summed E-state index contributed by atoms with van der Waals surface area (Å²) in [7, 11) is 0. The molecule has 0 amide bonds. The zero-order chi connectivity index (χ0) is 19.2. The van der Waals surface area contributed by atoms with E-state index in [0.29, 0.717) is 18.1 Å². The second-order valence-corrected chi connectivity index (χ2v) is 7.31. The number of esters is 1. The molecule has 0 spiro atoms. The smallest absolute Gasteiger partial charge is 0.338 e. The van der Waals surface area contributed by atoms with Gasteiger partial charge in [-0.2, -0.15) is 0 Å². The van der Waals surface area contributed by atoms with Crippen molar-refractivity contribution in [2.24, 2.45) is 0 Å². The average molecular weight is 367 g/mol. The molecule has 0 aliphatic rings. The van der Waals surface area contributed by atoms with Crippen LogP contribution in [0.1, 0.15) is 86.6 Å². The number of carbonyl (C=O) groups excluding carboxylic acids is 1. The molecule has 2 heteroatoms. The van der Waals surface area contributed by atoms with Crippen LogP contribution in [0, 0.1) is 0 Å². The van der Waals surface area contributed by atoms with Gasteiger partial charge in [-0.25, -0.2) is 4.79 Å². The van der Waals surface area contributed by atoms with E-state index in [1.54, 1.807) is 12.1 Å². The molecule has 2 aromatic carbocycles. The molecule has 0 fully saturated rings. The fourth-order valence-electron chi connectivity index (χ4n) is 3.50. The van der Waals surface area contributed by atoms with Crippen molar-refractivity contribution in [1.82, 2.24) is 0 Å². The molecular formula is C25H34O2. The zero-order valence-corrected chi connectivity index (χ0v) is 16.7. The van der Waals surface area contributed by atoms with E-state index >= 15 is 0 Å². The van der Waals surface area contributed by atoms with Gasteiger partial charge in [-0.3, -0.25) is 0 Å². The summed E-state index contributed by atoms with van der Waals surface area (Å²) in [4.78, 5) is 12.1. The molecule has 2 rings (SSSR count). The van der Waals surface area contributed by atoms with Gasteiger partial charge in [-0.1, -0.05) is 100 Å². The van der Waals surface area contributed by atoms with E-state index in [4.69, 9.17) is 4.74 Å². The van der Waals surface area contributed by atoms with Crippen molar-refractivity contribution in [1.29, 1.82) is 0 Å². The standard InChI is InChI=1S/C25H34O2/c1-2-3-4-5-6-7-10-17-23(22-15-11-8-12-16-22)20-21-27-25(26)24-18-13-9-14-19-24/h8-9,11-16,18-19,23H,2-7,10,17,20-21H2,1H3. The first-order valence-corrected chi connectivity index (χ1v) is 10.6. The molecular weight excluding hydrogens is 332 g/mol. The van der Waals surface area contributed by atoms with Gasteiger partial charge in [-0.05, 0) is 36.5 Å². The molecule has 0 bridgehead atoms.